The van der Waals surface area contributed by atoms with Gasteiger partial charge in [-0.25, -0.2) is 17.9 Å². The minimum absolute atomic E-state index is 0.0321. The molecule has 2 aromatic carbocycles. The van der Waals surface area contributed by atoms with Gasteiger partial charge in [-0.3, -0.25) is 4.90 Å². The largest absolute Gasteiger partial charge is 0.485 e. The molecule has 0 amide bonds. The van der Waals surface area contributed by atoms with Crippen LogP contribution in [0.5, 0.6) is 5.75 Å². The Bertz CT molecular complexity index is 1050. The first kappa shape index (κ1) is 20.9. The molecular formula is C19H21FN4O4S. The fourth-order valence-corrected chi connectivity index (χ4v) is 3.15. The summed E-state index contributed by atoms with van der Waals surface area (Å²) in [6.07, 6.45) is 0. The van der Waals surface area contributed by atoms with Crippen molar-refractivity contribution in [3.8, 4) is 5.75 Å². The van der Waals surface area contributed by atoms with Crippen LogP contribution in [0.1, 0.15) is 30.2 Å². The molecule has 0 spiro atoms. The molecule has 0 aliphatic rings. The Morgan fingerprint density at radius 3 is 2.45 bits per heavy atom. The molecule has 3 rings (SSSR count). The molecule has 0 radical (unpaired) electrons. The third-order valence-electron chi connectivity index (χ3n) is 4.43. The van der Waals surface area contributed by atoms with Crippen molar-refractivity contribution >= 4 is 10.0 Å². The zero-order valence-corrected chi connectivity index (χ0v) is 16.8. The van der Waals surface area contributed by atoms with Crippen LogP contribution in [0.4, 0.5) is 4.39 Å². The van der Waals surface area contributed by atoms with E-state index in [0.717, 1.165) is 5.56 Å². The van der Waals surface area contributed by atoms with E-state index in [-0.39, 0.29) is 23.4 Å². The summed E-state index contributed by atoms with van der Waals surface area (Å²) in [7, 11) is -1.83. The van der Waals surface area contributed by atoms with Gasteiger partial charge in [0.2, 0.25) is 21.7 Å². The van der Waals surface area contributed by atoms with Gasteiger partial charge in [0.1, 0.15) is 11.6 Å². The average molecular weight is 420 g/mol. The van der Waals surface area contributed by atoms with E-state index in [1.807, 2.05) is 18.9 Å². The first-order chi connectivity index (χ1) is 13.7. The maximum Gasteiger partial charge on any atom is 0.240 e. The first-order valence-corrected chi connectivity index (χ1v) is 10.3. The standard InChI is InChI=1S/C19H21FN4O4S/c1-13(14-3-9-17(10-4-14)29(21,25)26)24(2)11-19-22-18(23-28-19)12-27-16-7-5-15(20)6-8-16/h3-10,13H,11-12H2,1-2H3,(H2,21,25,26). The number of benzene rings is 2. The number of sulfonamides is 1. The molecule has 0 aliphatic heterocycles. The van der Waals surface area contributed by atoms with Crippen molar-refractivity contribution in [2.75, 3.05) is 7.05 Å². The van der Waals surface area contributed by atoms with E-state index in [1.165, 1.54) is 36.4 Å². The predicted octanol–water partition coefficient (Wildman–Crippen LogP) is 2.63. The third kappa shape index (κ3) is 5.59. The first-order valence-electron chi connectivity index (χ1n) is 8.75. The molecule has 0 saturated heterocycles. The Morgan fingerprint density at radius 1 is 1.17 bits per heavy atom. The molecule has 154 valence electrons. The highest BCUT2D eigenvalue weighted by Crippen LogP contribution is 2.22. The molecule has 3 aromatic rings. The molecule has 29 heavy (non-hydrogen) atoms. The molecule has 8 nitrogen and oxygen atoms in total. The number of hydrogen-bond acceptors (Lipinski definition) is 7. The molecule has 1 atom stereocenters. The number of nitrogens with two attached hydrogens (primary N) is 1. The lowest BCUT2D eigenvalue weighted by molar-refractivity contribution is 0.215. The van der Waals surface area contributed by atoms with Gasteiger partial charge in [-0.1, -0.05) is 17.3 Å². The average Bonchev–Trinajstić information content (AvgIpc) is 3.13. The van der Waals surface area contributed by atoms with Crippen molar-refractivity contribution in [1.82, 2.24) is 15.0 Å². The Kier molecular flexibility index (Phi) is 6.26. The van der Waals surface area contributed by atoms with Gasteiger partial charge in [-0.15, -0.1) is 0 Å². The van der Waals surface area contributed by atoms with E-state index in [0.29, 0.717) is 24.0 Å². The Balaban J connectivity index is 1.57. The fraction of sp³-hybridized carbons (Fsp3) is 0.263. The zero-order valence-electron chi connectivity index (χ0n) is 15.9. The number of hydrogen-bond donors (Lipinski definition) is 1. The number of ether oxygens (including phenoxy) is 1. The lowest BCUT2D eigenvalue weighted by Crippen LogP contribution is -2.22. The highest BCUT2D eigenvalue weighted by molar-refractivity contribution is 7.89. The molecule has 0 bridgehead atoms. The number of rotatable bonds is 8. The van der Waals surface area contributed by atoms with Crippen LogP contribution in [-0.2, 0) is 23.2 Å². The fourth-order valence-electron chi connectivity index (χ4n) is 2.63. The lowest BCUT2D eigenvalue weighted by Gasteiger charge is -2.23. The van der Waals surface area contributed by atoms with Crippen LogP contribution < -0.4 is 9.88 Å². The Hall–Kier alpha value is -2.82. The van der Waals surface area contributed by atoms with Crippen molar-refractivity contribution < 1.29 is 22.1 Å². The second-order valence-electron chi connectivity index (χ2n) is 6.55. The van der Waals surface area contributed by atoms with Crippen LogP contribution in [0.25, 0.3) is 0 Å². The van der Waals surface area contributed by atoms with Crippen LogP contribution in [0.2, 0.25) is 0 Å². The van der Waals surface area contributed by atoms with Gasteiger partial charge in [0, 0.05) is 6.04 Å². The third-order valence-corrected chi connectivity index (χ3v) is 5.36. The summed E-state index contributed by atoms with van der Waals surface area (Å²) in [5.41, 5.74) is 0.916. The molecular weight excluding hydrogens is 399 g/mol. The van der Waals surface area contributed by atoms with Crippen LogP contribution in [-0.4, -0.2) is 30.5 Å². The molecule has 10 heteroatoms. The van der Waals surface area contributed by atoms with Crippen molar-refractivity contribution in [3.05, 3.63) is 71.6 Å². The molecule has 0 saturated carbocycles. The topological polar surface area (TPSA) is 112 Å². The van der Waals surface area contributed by atoms with Crippen LogP contribution >= 0.6 is 0 Å². The maximum absolute atomic E-state index is 12.9. The summed E-state index contributed by atoms with van der Waals surface area (Å²) < 4.78 is 46.4. The summed E-state index contributed by atoms with van der Waals surface area (Å²) >= 11 is 0. The van der Waals surface area contributed by atoms with E-state index in [2.05, 4.69) is 10.1 Å². The molecule has 1 heterocycles. The summed E-state index contributed by atoms with van der Waals surface area (Å²) in [4.78, 5) is 6.34. The van der Waals surface area contributed by atoms with Crippen LogP contribution in [0, 0.1) is 5.82 Å². The van der Waals surface area contributed by atoms with E-state index in [1.54, 1.807) is 12.1 Å². The van der Waals surface area contributed by atoms with Crippen molar-refractivity contribution in [3.63, 3.8) is 0 Å². The Morgan fingerprint density at radius 2 is 1.83 bits per heavy atom. The number of aromatic nitrogens is 2. The Labute approximate surface area is 168 Å². The van der Waals surface area contributed by atoms with Gasteiger partial charge < -0.3 is 9.26 Å². The molecule has 1 aromatic heterocycles. The summed E-state index contributed by atoms with van der Waals surface area (Å²) in [6.45, 7) is 2.46. The number of primary sulfonamides is 1. The van der Waals surface area contributed by atoms with E-state index < -0.39 is 10.0 Å². The molecule has 0 aliphatic carbocycles. The van der Waals surface area contributed by atoms with Gasteiger partial charge in [-0.2, -0.15) is 4.98 Å². The smallest absolute Gasteiger partial charge is 0.240 e. The minimum Gasteiger partial charge on any atom is -0.485 e. The lowest BCUT2D eigenvalue weighted by atomic mass is 10.1. The van der Waals surface area contributed by atoms with E-state index in [4.69, 9.17) is 14.4 Å². The minimum atomic E-state index is -3.72. The quantitative estimate of drug-likeness (QED) is 0.596. The van der Waals surface area contributed by atoms with Gasteiger partial charge >= 0.3 is 0 Å². The van der Waals surface area contributed by atoms with E-state index in [9.17, 15) is 12.8 Å². The molecule has 1 unspecified atom stereocenters. The highest BCUT2D eigenvalue weighted by atomic mass is 32.2. The van der Waals surface area contributed by atoms with Gasteiger partial charge in [0.15, 0.2) is 6.61 Å². The number of halogens is 1. The SMILES string of the molecule is CC(c1ccc(S(N)(=O)=O)cc1)N(C)Cc1nc(COc2ccc(F)cc2)no1. The van der Waals surface area contributed by atoms with Gasteiger partial charge in [0.05, 0.1) is 11.4 Å². The zero-order chi connectivity index (χ0) is 21.0. The predicted molar refractivity (Wildman–Crippen MR) is 103 cm³/mol. The number of nitrogens with zero attached hydrogens (tertiary/aromatic N) is 3. The van der Waals surface area contributed by atoms with Gasteiger partial charge in [-0.05, 0) is 55.9 Å². The summed E-state index contributed by atoms with van der Waals surface area (Å²) in [5, 5.41) is 9.00. The highest BCUT2D eigenvalue weighted by Gasteiger charge is 2.17. The molecule has 0 fully saturated rings. The van der Waals surface area contributed by atoms with Crippen molar-refractivity contribution in [2.45, 2.75) is 31.0 Å². The van der Waals surface area contributed by atoms with Crippen molar-refractivity contribution in [2.24, 2.45) is 5.14 Å². The second-order valence-corrected chi connectivity index (χ2v) is 8.11. The van der Waals surface area contributed by atoms with Crippen LogP contribution in [0.3, 0.4) is 0 Å². The van der Waals surface area contributed by atoms with E-state index >= 15 is 0 Å². The van der Waals surface area contributed by atoms with Crippen LogP contribution in [0.15, 0.2) is 57.9 Å². The van der Waals surface area contributed by atoms with Crippen molar-refractivity contribution in [1.29, 1.82) is 0 Å². The summed E-state index contributed by atoms with van der Waals surface area (Å²) in [5.74, 6) is 0.961. The normalized spacial score (nSPS) is 12.9. The molecule has 2 N–H and O–H groups in total. The maximum atomic E-state index is 12.9. The summed E-state index contributed by atoms with van der Waals surface area (Å²) in [6, 6.07) is 12.0. The second kappa shape index (κ2) is 8.68. The monoisotopic (exact) mass is 420 g/mol. The van der Waals surface area contributed by atoms with Gasteiger partial charge in [0.25, 0.3) is 0 Å².